The van der Waals surface area contributed by atoms with Crippen LogP contribution in [0.4, 0.5) is 0 Å². The molecule has 1 aromatic carbocycles. The third kappa shape index (κ3) is 2.29. The Morgan fingerprint density at radius 2 is 1.57 bits per heavy atom. The van der Waals surface area contributed by atoms with E-state index in [0.29, 0.717) is 12.2 Å². The Morgan fingerprint density at radius 1 is 1.05 bits per heavy atom. The smallest absolute Gasteiger partial charge is 0.143 e. The normalized spacial score (nSPS) is 36.7. The number of hydrogen-bond acceptors (Lipinski definition) is 2. The van der Waals surface area contributed by atoms with Crippen LogP contribution in [0.2, 0.25) is 0 Å². The molecular formula is C19H24O2. The highest BCUT2D eigenvalue weighted by Crippen LogP contribution is 2.60. The maximum atomic E-state index is 13.0. The summed E-state index contributed by atoms with van der Waals surface area (Å²) in [5.41, 5.74) is 1.17. The van der Waals surface area contributed by atoms with E-state index in [1.807, 2.05) is 24.3 Å². The maximum absolute atomic E-state index is 13.0. The summed E-state index contributed by atoms with van der Waals surface area (Å²) in [6, 6.07) is 8.00. The molecule has 4 fully saturated rings. The molecule has 112 valence electrons. The average molecular weight is 284 g/mol. The molecule has 2 heteroatoms. The van der Waals surface area contributed by atoms with Crippen molar-refractivity contribution in [1.82, 2.24) is 0 Å². The lowest BCUT2D eigenvalue weighted by Gasteiger charge is -2.56. The van der Waals surface area contributed by atoms with E-state index in [1.54, 1.807) is 7.11 Å². The van der Waals surface area contributed by atoms with Crippen molar-refractivity contribution in [2.45, 2.75) is 44.9 Å². The number of carbonyl (C=O) groups is 1. The first-order chi connectivity index (χ1) is 10.2. The van der Waals surface area contributed by atoms with E-state index in [9.17, 15) is 4.79 Å². The zero-order valence-corrected chi connectivity index (χ0v) is 12.8. The van der Waals surface area contributed by atoms with Crippen molar-refractivity contribution in [2.24, 2.45) is 23.2 Å². The molecule has 0 heterocycles. The molecule has 0 spiro atoms. The number of benzene rings is 1. The van der Waals surface area contributed by atoms with Crippen molar-refractivity contribution in [3.05, 3.63) is 29.8 Å². The lowest BCUT2D eigenvalue weighted by molar-refractivity contribution is -0.143. The van der Waals surface area contributed by atoms with Crippen molar-refractivity contribution >= 4 is 5.78 Å². The third-order valence-corrected chi connectivity index (χ3v) is 6.15. The van der Waals surface area contributed by atoms with Crippen LogP contribution in [0.3, 0.4) is 0 Å². The lowest BCUT2D eigenvalue weighted by atomic mass is 9.48. The van der Waals surface area contributed by atoms with Crippen LogP contribution in [0.5, 0.6) is 5.75 Å². The highest BCUT2D eigenvalue weighted by molar-refractivity contribution is 5.87. The second-order valence-corrected chi connectivity index (χ2v) is 7.65. The molecule has 0 saturated heterocycles. The largest absolute Gasteiger partial charge is 0.497 e. The SMILES string of the molecule is COc1ccc(CC(=O)C23CC4CC(CC(C4)C2)C3)cc1. The predicted molar refractivity (Wildman–Crippen MR) is 82.3 cm³/mol. The van der Waals surface area contributed by atoms with Gasteiger partial charge in [-0.2, -0.15) is 0 Å². The summed E-state index contributed by atoms with van der Waals surface area (Å²) in [6.45, 7) is 0. The molecular weight excluding hydrogens is 260 g/mol. The molecule has 0 radical (unpaired) electrons. The van der Waals surface area contributed by atoms with Gasteiger partial charge < -0.3 is 4.74 Å². The highest BCUT2D eigenvalue weighted by Gasteiger charge is 2.53. The van der Waals surface area contributed by atoms with Crippen molar-refractivity contribution in [2.75, 3.05) is 7.11 Å². The second-order valence-electron chi connectivity index (χ2n) is 7.65. The molecule has 21 heavy (non-hydrogen) atoms. The van der Waals surface area contributed by atoms with Gasteiger partial charge in [0.15, 0.2) is 0 Å². The molecule has 0 atom stereocenters. The summed E-state index contributed by atoms with van der Waals surface area (Å²) in [4.78, 5) is 13.0. The van der Waals surface area contributed by atoms with Gasteiger partial charge in [0.05, 0.1) is 7.11 Å². The zero-order chi connectivity index (χ0) is 14.4. The van der Waals surface area contributed by atoms with Gasteiger partial charge in [0.1, 0.15) is 11.5 Å². The Kier molecular flexibility index (Phi) is 3.09. The fraction of sp³-hybridized carbons (Fsp3) is 0.632. The van der Waals surface area contributed by atoms with Crippen LogP contribution in [0.1, 0.15) is 44.1 Å². The van der Waals surface area contributed by atoms with Gasteiger partial charge in [-0.25, -0.2) is 0 Å². The van der Waals surface area contributed by atoms with Gasteiger partial charge in [-0.05, 0) is 74.0 Å². The Hall–Kier alpha value is -1.31. The third-order valence-electron chi connectivity index (χ3n) is 6.15. The van der Waals surface area contributed by atoms with Crippen molar-refractivity contribution in [3.8, 4) is 5.75 Å². The quantitative estimate of drug-likeness (QED) is 0.834. The molecule has 5 rings (SSSR count). The molecule has 0 N–H and O–H groups in total. The van der Waals surface area contributed by atoms with E-state index in [4.69, 9.17) is 4.74 Å². The molecule has 0 amide bonds. The maximum Gasteiger partial charge on any atom is 0.143 e. The Bertz CT molecular complexity index is 508. The Balaban J connectivity index is 1.51. The summed E-state index contributed by atoms with van der Waals surface area (Å²) >= 11 is 0. The number of ketones is 1. The van der Waals surface area contributed by atoms with Crippen LogP contribution in [-0.4, -0.2) is 12.9 Å². The van der Waals surface area contributed by atoms with Crippen molar-refractivity contribution in [3.63, 3.8) is 0 Å². The Labute approximate surface area is 126 Å². The van der Waals surface area contributed by atoms with Gasteiger partial charge >= 0.3 is 0 Å². The van der Waals surface area contributed by atoms with Crippen LogP contribution >= 0.6 is 0 Å². The summed E-state index contributed by atoms with van der Waals surface area (Å²) in [5.74, 6) is 3.90. The zero-order valence-electron chi connectivity index (χ0n) is 12.8. The molecule has 0 unspecified atom stereocenters. The number of Topliss-reactive ketones (excluding diaryl/α,β-unsaturated/α-hetero) is 1. The summed E-state index contributed by atoms with van der Waals surface area (Å²) in [6.07, 6.45) is 8.32. The second kappa shape index (κ2) is 4.86. The van der Waals surface area contributed by atoms with Crippen LogP contribution in [0, 0.1) is 23.2 Å². The molecule has 4 bridgehead atoms. The molecule has 4 aliphatic rings. The van der Waals surface area contributed by atoms with E-state index in [2.05, 4.69) is 0 Å². The first kappa shape index (κ1) is 13.4. The van der Waals surface area contributed by atoms with Gasteiger partial charge in [-0.3, -0.25) is 4.79 Å². The van der Waals surface area contributed by atoms with E-state index >= 15 is 0 Å². The average Bonchev–Trinajstić information content (AvgIpc) is 2.46. The minimum atomic E-state index is 0.0364. The molecule has 0 aliphatic heterocycles. The van der Waals surface area contributed by atoms with Gasteiger partial charge in [-0.15, -0.1) is 0 Å². The van der Waals surface area contributed by atoms with Crippen LogP contribution in [-0.2, 0) is 11.2 Å². The van der Waals surface area contributed by atoms with Gasteiger partial charge in [-0.1, -0.05) is 12.1 Å². The van der Waals surface area contributed by atoms with Crippen molar-refractivity contribution < 1.29 is 9.53 Å². The standard InChI is InChI=1S/C19H24O2/c1-21-17-4-2-13(3-5-17)9-18(20)19-10-14-6-15(11-19)8-16(7-14)12-19/h2-5,14-16H,6-12H2,1H3. The van der Waals surface area contributed by atoms with E-state index in [1.165, 1.54) is 38.5 Å². The number of hydrogen-bond donors (Lipinski definition) is 0. The monoisotopic (exact) mass is 284 g/mol. The fourth-order valence-electron chi connectivity index (χ4n) is 5.57. The number of carbonyl (C=O) groups excluding carboxylic acids is 1. The van der Waals surface area contributed by atoms with E-state index in [0.717, 1.165) is 29.1 Å². The van der Waals surface area contributed by atoms with Crippen LogP contribution in [0.15, 0.2) is 24.3 Å². The summed E-state index contributed by atoms with van der Waals surface area (Å²) in [7, 11) is 1.68. The van der Waals surface area contributed by atoms with Gasteiger partial charge in [0.2, 0.25) is 0 Å². The number of rotatable bonds is 4. The number of ether oxygens (including phenoxy) is 1. The number of methoxy groups -OCH3 is 1. The van der Waals surface area contributed by atoms with Gasteiger partial charge in [0.25, 0.3) is 0 Å². The van der Waals surface area contributed by atoms with Crippen molar-refractivity contribution in [1.29, 1.82) is 0 Å². The molecule has 4 aliphatic carbocycles. The van der Waals surface area contributed by atoms with E-state index in [-0.39, 0.29) is 5.41 Å². The van der Waals surface area contributed by atoms with Crippen LogP contribution < -0.4 is 4.74 Å². The first-order valence-corrected chi connectivity index (χ1v) is 8.33. The minimum absolute atomic E-state index is 0.0364. The first-order valence-electron chi connectivity index (χ1n) is 8.33. The molecule has 2 nitrogen and oxygen atoms in total. The highest BCUT2D eigenvalue weighted by atomic mass is 16.5. The summed E-state index contributed by atoms with van der Waals surface area (Å²) < 4.78 is 5.19. The molecule has 1 aromatic rings. The molecule has 4 saturated carbocycles. The Morgan fingerprint density at radius 3 is 2.05 bits per heavy atom. The van der Waals surface area contributed by atoms with Gasteiger partial charge in [0, 0.05) is 11.8 Å². The van der Waals surface area contributed by atoms with Crippen LogP contribution in [0.25, 0.3) is 0 Å². The summed E-state index contributed by atoms with van der Waals surface area (Å²) in [5, 5.41) is 0. The molecule has 0 aromatic heterocycles. The fourth-order valence-corrected chi connectivity index (χ4v) is 5.57. The van der Waals surface area contributed by atoms with E-state index < -0.39 is 0 Å². The lowest BCUT2D eigenvalue weighted by Crippen LogP contribution is -2.50. The topological polar surface area (TPSA) is 26.3 Å². The minimum Gasteiger partial charge on any atom is -0.497 e. The predicted octanol–water partition coefficient (Wildman–Crippen LogP) is 4.02.